The minimum absolute atomic E-state index is 0.0150. The Hall–Kier alpha value is -2.98. The van der Waals surface area contributed by atoms with Gasteiger partial charge in [-0.05, 0) is 68.1 Å². The number of pyridine rings is 1. The van der Waals surface area contributed by atoms with Gasteiger partial charge >= 0.3 is 6.18 Å². The van der Waals surface area contributed by atoms with Crippen LogP contribution in [-0.4, -0.2) is 50.0 Å². The molecular weight excluding hydrogens is 514 g/mol. The average Bonchev–Trinajstić information content (AvgIpc) is 3.27. The summed E-state index contributed by atoms with van der Waals surface area (Å²) in [7, 11) is 1.91. The van der Waals surface area contributed by atoms with Crippen LogP contribution in [0.25, 0.3) is 22.3 Å². The highest BCUT2D eigenvalue weighted by Crippen LogP contribution is 2.59. The van der Waals surface area contributed by atoms with Gasteiger partial charge in [0.15, 0.2) is 11.0 Å². The van der Waals surface area contributed by atoms with Crippen molar-refractivity contribution in [1.82, 2.24) is 24.6 Å². The number of fused-ring (bicyclic) bond motifs is 2. The Morgan fingerprint density at radius 3 is 2.61 bits per heavy atom. The number of aryl methyl sites for hydroxylation is 1. The van der Waals surface area contributed by atoms with Gasteiger partial charge in [0.25, 0.3) is 0 Å². The molecule has 10 heteroatoms. The van der Waals surface area contributed by atoms with Crippen LogP contribution in [0.3, 0.4) is 0 Å². The smallest absolute Gasteiger partial charge is 0.305 e. The van der Waals surface area contributed by atoms with Gasteiger partial charge in [-0.25, -0.2) is 4.39 Å². The van der Waals surface area contributed by atoms with Crippen molar-refractivity contribution in [1.29, 1.82) is 0 Å². The fourth-order valence-corrected chi connectivity index (χ4v) is 6.63. The molecule has 4 aromatic rings. The van der Waals surface area contributed by atoms with E-state index in [4.69, 9.17) is 0 Å². The molecule has 0 spiro atoms. The van der Waals surface area contributed by atoms with Crippen molar-refractivity contribution >= 4 is 22.7 Å². The average molecular weight is 542 g/mol. The molecule has 0 bridgehead atoms. The highest BCUT2D eigenvalue weighted by atomic mass is 32.2. The van der Waals surface area contributed by atoms with Crippen molar-refractivity contribution < 1.29 is 17.6 Å². The first kappa shape index (κ1) is 25.3. The van der Waals surface area contributed by atoms with Crippen molar-refractivity contribution in [3.8, 4) is 11.4 Å². The van der Waals surface area contributed by atoms with Crippen LogP contribution in [0, 0.1) is 18.7 Å². The molecule has 2 fully saturated rings. The van der Waals surface area contributed by atoms with Crippen molar-refractivity contribution in [2.24, 2.45) is 13.0 Å². The zero-order chi connectivity index (χ0) is 26.7. The summed E-state index contributed by atoms with van der Waals surface area (Å²) in [5.41, 5.74) is 2.33. The molecule has 2 aromatic carbocycles. The number of piperidine rings is 1. The molecule has 1 aliphatic heterocycles. The van der Waals surface area contributed by atoms with Gasteiger partial charge in [-0.3, -0.25) is 4.98 Å². The molecule has 6 rings (SSSR count). The molecule has 38 heavy (non-hydrogen) atoms. The van der Waals surface area contributed by atoms with Gasteiger partial charge in [0.05, 0.1) is 5.56 Å². The molecule has 5 nitrogen and oxygen atoms in total. The number of rotatable bonds is 7. The van der Waals surface area contributed by atoms with Crippen LogP contribution < -0.4 is 0 Å². The summed E-state index contributed by atoms with van der Waals surface area (Å²) in [4.78, 5) is 6.78. The van der Waals surface area contributed by atoms with E-state index in [9.17, 15) is 17.6 Å². The molecular formula is C28H27F4N5S. The molecule has 2 aromatic heterocycles. The normalized spacial score (nSPS) is 21.3. The van der Waals surface area contributed by atoms with Crippen molar-refractivity contribution in [2.75, 3.05) is 25.4 Å². The summed E-state index contributed by atoms with van der Waals surface area (Å²) >= 11 is 1.63. The molecule has 3 heterocycles. The van der Waals surface area contributed by atoms with Gasteiger partial charge in [-0.2, -0.15) is 13.2 Å². The number of aromatic nitrogens is 4. The Labute approximate surface area is 222 Å². The fraction of sp³-hybridized carbons (Fsp3) is 0.393. The highest BCUT2D eigenvalue weighted by Gasteiger charge is 2.60. The molecule has 1 saturated heterocycles. The Morgan fingerprint density at radius 2 is 1.84 bits per heavy atom. The third-order valence-corrected chi connectivity index (χ3v) is 8.98. The molecule has 2 aliphatic rings. The van der Waals surface area contributed by atoms with Gasteiger partial charge in [0.1, 0.15) is 11.3 Å². The van der Waals surface area contributed by atoms with Crippen LogP contribution in [0.4, 0.5) is 17.6 Å². The number of benzene rings is 2. The van der Waals surface area contributed by atoms with E-state index < -0.39 is 11.7 Å². The van der Waals surface area contributed by atoms with E-state index in [0.717, 1.165) is 60.2 Å². The first-order valence-corrected chi connectivity index (χ1v) is 13.6. The second-order valence-corrected chi connectivity index (χ2v) is 11.4. The van der Waals surface area contributed by atoms with Crippen LogP contribution >= 0.6 is 11.8 Å². The number of halogens is 4. The zero-order valence-corrected chi connectivity index (χ0v) is 21.9. The lowest BCUT2D eigenvalue weighted by atomic mass is 9.94. The standard InChI is InChI=1S/C28H27F4N5S/c1-17-4-9-21-22(10-11-23(29)24(21)33-17)25-34-35-26(36(25)2)38-13-3-12-37-15-20-14-27(20,16-37)18-5-7-19(8-6-18)28(30,31)32/h4-11,20H,3,12-16H2,1-2H3. The van der Waals surface area contributed by atoms with E-state index in [-0.39, 0.29) is 11.2 Å². The predicted molar refractivity (Wildman–Crippen MR) is 139 cm³/mol. The van der Waals surface area contributed by atoms with Crippen LogP contribution in [-0.2, 0) is 18.6 Å². The fourth-order valence-electron chi connectivity index (χ4n) is 5.80. The number of alkyl halides is 3. The number of thioether (sulfide) groups is 1. The predicted octanol–water partition coefficient (Wildman–Crippen LogP) is 6.25. The maximum Gasteiger partial charge on any atom is 0.416 e. The summed E-state index contributed by atoms with van der Waals surface area (Å²) in [5, 5.41) is 10.3. The lowest BCUT2D eigenvalue weighted by Gasteiger charge is -2.21. The minimum Gasteiger partial charge on any atom is -0.305 e. The van der Waals surface area contributed by atoms with Crippen LogP contribution in [0.2, 0.25) is 0 Å². The second kappa shape index (κ2) is 9.34. The van der Waals surface area contributed by atoms with E-state index in [1.54, 1.807) is 30.0 Å². The maximum absolute atomic E-state index is 14.4. The molecule has 0 radical (unpaired) electrons. The third-order valence-electron chi connectivity index (χ3n) is 7.88. The maximum atomic E-state index is 14.4. The monoisotopic (exact) mass is 541 g/mol. The Kier molecular flexibility index (Phi) is 6.22. The zero-order valence-electron chi connectivity index (χ0n) is 21.1. The third kappa shape index (κ3) is 4.47. The van der Waals surface area contributed by atoms with Gasteiger partial charge in [0, 0.05) is 47.9 Å². The number of hydrogen-bond donors (Lipinski definition) is 0. The molecule has 0 N–H and O–H groups in total. The second-order valence-electron chi connectivity index (χ2n) is 10.4. The van der Waals surface area contributed by atoms with Crippen molar-refractivity contribution in [2.45, 2.75) is 36.5 Å². The van der Waals surface area contributed by atoms with E-state index in [0.29, 0.717) is 22.6 Å². The summed E-state index contributed by atoms with van der Waals surface area (Å²) in [5.74, 6) is 1.70. The largest absolute Gasteiger partial charge is 0.416 e. The molecule has 2 unspecified atom stereocenters. The quantitative estimate of drug-likeness (QED) is 0.157. The van der Waals surface area contributed by atoms with E-state index in [1.807, 2.05) is 30.7 Å². The Morgan fingerprint density at radius 1 is 1.05 bits per heavy atom. The number of likely N-dealkylation sites (tertiary alicyclic amines) is 1. The Bertz CT molecular complexity index is 1500. The van der Waals surface area contributed by atoms with Gasteiger partial charge in [-0.1, -0.05) is 30.0 Å². The first-order valence-electron chi connectivity index (χ1n) is 12.6. The summed E-state index contributed by atoms with van der Waals surface area (Å²) in [6.07, 6.45) is -2.28. The van der Waals surface area contributed by atoms with Gasteiger partial charge < -0.3 is 9.47 Å². The summed E-state index contributed by atoms with van der Waals surface area (Å²) in [6, 6.07) is 12.6. The van der Waals surface area contributed by atoms with Gasteiger partial charge in [0.2, 0.25) is 0 Å². The summed E-state index contributed by atoms with van der Waals surface area (Å²) < 4.78 is 55.1. The highest BCUT2D eigenvalue weighted by molar-refractivity contribution is 7.99. The minimum atomic E-state index is -4.30. The lowest BCUT2D eigenvalue weighted by Crippen LogP contribution is -2.28. The van der Waals surface area contributed by atoms with Crippen LogP contribution in [0.1, 0.15) is 29.7 Å². The van der Waals surface area contributed by atoms with Crippen LogP contribution in [0.5, 0.6) is 0 Å². The van der Waals surface area contributed by atoms with Crippen molar-refractivity contribution in [3.05, 3.63) is 71.2 Å². The van der Waals surface area contributed by atoms with E-state index in [1.165, 1.54) is 18.2 Å². The topological polar surface area (TPSA) is 46.8 Å². The van der Waals surface area contributed by atoms with E-state index >= 15 is 0 Å². The first-order chi connectivity index (χ1) is 18.2. The Balaban J connectivity index is 1.06. The molecule has 0 amide bonds. The number of nitrogens with zero attached hydrogens (tertiary/aromatic N) is 5. The van der Waals surface area contributed by atoms with Crippen LogP contribution in [0.15, 0.2) is 53.7 Å². The molecule has 1 saturated carbocycles. The van der Waals surface area contributed by atoms with Crippen molar-refractivity contribution in [3.63, 3.8) is 0 Å². The molecule has 198 valence electrons. The van der Waals surface area contributed by atoms with Gasteiger partial charge in [-0.15, -0.1) is 10.2 Å². The molecule has 2 atom stereocenters. The summed E-state index contributed by atoms with van der Waals surface area (Å²) in [6.45, 7) is 4.66. The van der Waals surface area contributed by atoms with E-state index in [2.05, 4.69) is 20.1 Å². The molecule has 1 aliphatic carbocycles. The number of hydrogen-bond acceptors (Lipinski definition) is 5. The SMILES string of the molecule is Cc1ccc2c(-c3nnc(SCCCN4CC5CC5(c5ccc(C(F)(F)F)cc5)C4)n3C)ccc(F)c2n1. The lowest BCUT2D eigenvalue weighted by molar-refractivity contribution is -0.137.